The van der Waals surface area contributed by atoms with E-state index in [1.807, 2.05) is 6.92 Å². The van der Waals surface area contributed by atoms with Gasteiger partial charge in [-0.3, -0.25) is 9.59 Å². The summed E-state index contributed by atoms with van der Waals surface area (Å²) in [5, 5.41) is 5.85. The van der Waals surface area contributed by atoms with Crippen molar-refractivity contribution in [3.8, 4) is 0 Å². The lowest BCUT2D eigenvalue weighted by Crippen LogP contribution is -2.60. The minimum Gasteiger partial charge on any atom is -0.377 e. The molecule has 2 saturated heterocycles. The van der Waals surface area contributed by atoms with Gasteiger partial charge in [-0.15, -0.1) is 0 Å². The molecule has 0 aromatic heterocycles. The van der Waals surface area contributed by atoms with Gasteiger partial charge in [-0.2, -0.15) is 0 Å². The fourth-order valence-corrected chi connectivity index (χ4v) is 2.29. The van der Waals surface area contributed by atoms with Crippen molar-refractivity contribution in [1.29, 1.82) is 0 Å². The minimum atomic E-state index is -0.549. The topological polar surface area (TPSA) is 79.9 Å². The van der Waals surface area contributed by atoms with Gasteiger partial charge in [-0.1, -0.05) is 0 Å². The fraction of sp³-hybridized carbons (Fsp3) is 0.833. The number of amides is 2. The molecule has 108 valence electrons. The Balaban J connectivity index is 2.01. The van der Waals surface area contributed by atoms with Crippen LogP contribution >= 0.6 is 0 Å². The molecule has 2 atom stereocenters. The Morgan fingerprint density at radius 3 is 2.95 bits per heavy atom. The molecule has 2 N–H and O–H groups in total. The molecular weight excluding hydrogens is 250 g/mol. The third-order valence-corrected chi connectivity index (χ3v) is 3.27. The van der Waals surface area contributed by atoms with Crippen LogP contribution in [0.15, 0.2) is 0 Å². The molecule has 2 unspecified atom stereocenters. The zero-order valence-corrected chi connectivity index (χ0v) is 11.2. The Kier molecular flexibility index (Phi) is 5.12. The first-order valence-corrected chi connectivity index (χ1v) is 6.72. The van der Waals surface area contributed by atoms with Gasteiger partial charge in [-0.05, 0) is 6.92 Å². The number of rotatable bonds is 3. The van der Waals surface area contributed by atoms with E-state index in [4.69, 9.17) is 9.47 Å². The molecule has 2 fully saturated rings. The van der Waals surface area contributed by atoms with Crippen LogP contribution in [0.3, 0.4) is 0 Å². The molecule has 7 nitrogen and oxygen atoms in total. The van der Waals surface area contributed by atoms with Gasteiger partial charge in [0.1, 0.15) is 12.1 Å². The average molecular weight is 271 g/mol. The summed E-state index contributed by atoms with van der Waals surface area (Å²) in [7, 11) is 0. The van der Waals surface area contributed by atoms with E-state index in [1.165, 1.54) is 0 Å². The van der Waals surface area contributed by atoms with Crippen LogP contribution in [0.2, 0.25) is 0 Å². The van der Waals surface area contributed by atoms with E-state index in [9.17, 15) is 9.59 Å². The second-order valence-corrected chi connectivity index (χ2v) is 4.58. The van der Waals surface area contributed by atoms with Crippen LogP contribution in [0.5, 0.6) is 0 Å². The molecule has 2 amide bonds. The first kappa shape index (κ1) is 14.2. The van der Waals surface area contributed by atoms with Crippen molar-refractivity contribution in [2.45, 2.75) is 19.1 Å². The van der Waals surface area contributed by atoms with E-state index in [0.717, 1.165) is 6.54 Å². The predicted octanol–water partition coefficient (Wildman–Crippen LogP) is -1.66. The highest BCUT2D eigenvalue weighted by Gasteiger charge is 2.36. The summed E-state index contributed by atoms with van der Waals surface area (Å²) >= 11 is 0. The van der Waals surface area contributed by atoms with Crippen molar-refractivity contribution >= 4 is 11.8 Å². The summed E-state index contributed by atoms with van der Waals surface area (Å²) in [4.78, 5) is 25.9. The van der Waals surface area contributed by atoms with E-state index in [-0.39, 0.29) is 18.4 Å². The molecule has 0 saturated carbocycles. The van der Waals surface area contributed by atoms with E-state index >= 15 is 0 Å². The summed E-state index contributed by atoms with van der Waals surface area (Å²) in [6, 6.07) is -0.549. The standard InChI is InChI=1S/C12H21N3O4/c1-2-14-11(16)9-8-18-6-4-15(9)12(17)10-7-13-3-5-19-10/h9-10,13H,2-8H2,1H3,(H,14,16). The summed E-state index contributed by atoms with van der Waals surface area (Å²) in [5.41, 5.74) is 0. The molecular formula is C12H21N3O4. The van der Waals surface area contributed by atoms with E-state index in [0.29, 0.717) is 32.8 Å². The number of hydrogen-bond acceptors (Lipinski definition) is 5. The zero-order valence-electron chi connectivity index (χ0n) is 11.2. The second kappa shape index (κ2) is 6.83. The van der Waals surface area contributed by atoms with Crippen LogP contribution in [0.25, 0.3) is 0 Å². The molecule has 7 heteroatoms. The number of hydrogen-bond donors (Lipinski definition) is 2. The van der Waals surface area contributed by atoms with Crippen molar-refractivity contribution in [3.63, 3.8) is 0 Å². The van der Waals surface area contributed by atoms with Gasteiger partial charge in [0.05, 0.1) is 19.8 Å². The first-order valence-electron chi connectivity index (χ1n) is 6.72. The average Bonchev–Trinajstić information content (AvgIpc) is 2.47. The number of nitrogens with one attached hydrogen (secondary N) is 2. The van der Waals surface area contributed by atoms with Crippen LogP contribution in [-0.2, 0) is 19.1 Å². The number of ether oxygens (including phenoxy) is 2. The Bertz CT molecular complexity index is 331. The lowest BCUT2D eigenvalue weighted by atomic mass is 10.1. The predicted molar refractivity (Wildman–Crippen MR) is 67.6 cm³/mol. The van der Waals surface area contributed by atoms with Crippen molar-refractivity contribution in [2.75, 3.05) is 46.0 Å². The SMILES string of the molecule is CCNC(=O)C1COCCN1C(=O)C1CNCCO1. The summed E-state index contributed by atoms with van der Waals surface area (Å²) in [5.74, 6) is -0.300. The van der Waals surface area contributed by atoms with Crippen LogP contribution in [0, 0.1) is 0 Å². The smallest absolute Gasteiger partial charge is 0.253 e. The normalized spacial score (nSPS) is 27.9. The van der Waals surface area contributed by atoms with Crippen LogP contribution in [-0.4, -0.2) is 74.9 Å². The van der Waals surface area contributed by atoms with Crippen LogP contribution in [0.4, 0.5) is 0 Å². The molecule has 0 aromatic carbocycles. The number of carbonyl (C=O) groups is 2. The second-order valence-electron chi connectivity index (χ2n) is 4.58. The minimum absolute atomic E-state index is 0.133. The number of morpholine rings is 2. The number of nitrogens with zero attached hydrogens (tertiary/aromatic N) is 1. The largest absolute Gasteiger partial charge is 0.377 e. The highest BCUT2D eigenvalue weighted by Crippen LogP contribution is 2.11. The number of likely N-dealkylation sites (N-methyl/N-ethyl adjacent to an activating group) is 1. The van der Waals surface area contributed by atoms with Gasteiger partial charge < -0.3 is 25.0 Å². The van der Waals surface area contributed by atoms with Crippen molar-refractivity contribution in [1.82, 2.24) is 15.5 Å². The van der Waals surface area contributed by atoms with Crippen LogP contribution < -0.4 is 10.6 Å². The quantitative estimate of drug-likeness (QED) is 0.642. The molecule has 0 aliphatic carbocycles. The Hall–Kier alpha value is -1.18. The third kappa shape index (κ3) is 3.43. The molecule has 0 aromatic rings. The van der Waals surface area contributed by atoms with Gasteiger partial charge in [0.2, 0.25) is 5.91 Å². The van der Waals surface area contributed by atoms with Crippen molar-refractivity contribution in [2.24, 2.45) is 0 Å². The van der Waals surface area contributed by atoms with Gasteiger partial charge >= 0.3 is 0 Å². The summed E-state index contributed by atoms with van der Waals surface area (Å²) in [6.45, 7) is 5.30. The van der Waals surface area contributed by atoms with Gasteiger partial charge in [0.25, 0.3) is 5.91 Å². The fourth-order valence-electron chi connectivity index (χ4n) is 2.29. The van der Waals surface area contributed by atoms with Gasteiger partial charge in [0.15, 0.2) is 0 Å². The molecule has 0 spiro atoms. The lowest BCUT2D eigenvalue weighted by Gasteiger charge is -2.37. The van der Waals surface area contributed by atoms with Gasteiger partial charge in [-0.25, -0.2) is 0 Å². The van der Waals surface area contributed by atoms with E-state index in [2.05, 4.69) is 10.6 Å². The molecule has 0 radical (unpaired) electrons. The Labute approximate surface area is 112 Å². The Morgan fingerprint density at radius 2 is 2.26 bits per heavy atom. The third-order valence-electron chi connectivity index (χ3n) is 3.27. The monoisotopic (exact) mass is 271 g/mol. The molecule has 2 heterocycles. The van der Waals surface area contributed by atoms with Gasteiger partial charge in [0, 0.05) is 26.2 Å². The molecule has 2 rings (SSSR count). The molecule has 2 aliphatic heterocycles. The summed E-state index contributed by atoms with van der Waals surface area (Å²) < 4.78 is 10.8. The molecule has 19 heavy (non-hydrogen) atoms. The van der Waals surface area contributed by atoms with Crippen LogP contribution in [0.1, 0.15) is 6.92 Å². The lowest BCUT2D eigenvalue weighted by molar-refractivity contribution is -0.158. The molecule has 2 aliphatic rings. The maximum absolute atomic E-state index is 12.4. The number of carbonyl (C=O) groups excluding carboxylic acids is 2. The molecule has 0 bridgehead atoms. The van der Waals surface area contributed by atoms with E-state index < -0.39 is 12.1 Å². The maximum Gasteiger partial charge on any atom is 0.253 e. The maximum atomic E-state index is 12.4. The Morgan fingerprint density at radius 1 is 1.42 bits per heavy atom. The highest BCUT2D eigenvalue weighted by atomic mass is 16.5. The zero-order chi connectivity index (χ0) is 13.7. The van der Waals surface area contributed by atoms with E-state index in [1.54, 1.807) is 4.90 Å². The van der Waals surface area contributed by atoms with Crippen molar-refractivity contribution < 1.29 is 19.1 Å². The highest BCUT2D eigenvalue weighted by molar-refractivity contribution is 5.89. The van der Waals surface area contributed by atoms with Crippen molar-refractivity contribution in [3.05, 3.63) is 0 Å². The first-order chi connectivity index (χ1) is 9.24. The summed E-state index contributed by atoms with van der Waals surface area (Å²) in [6.07, 6.45) is -0.497.